The molecule has 0 aliphatic carbocycles. The first kappa shape index (κ1) is 18.8. The topological polar surface area (TPSA) is 161 Å². The molecular formula is C15H10O10S2. The lowest BCUT2D eigenvalue weighted by Gasteiger charge is -2.22. The highest BCUT2D eigenvalue weighted by atomic mass is 32.2. The molecule has 142 valence electrons. The van der Waals surface area contributed by atoms with Crippen LogP contribution < -0.4 is 4.74 Å². The van der Waals surface area contributed by atoms with E-state index in [1.807, 2.05) is 0 Å². The second-order valence-corrected chi connectivity index (χ2v) is 8.62. The van der Waals surface area contributed by atoms with E-state index in [1.165, 1.54) is 6.07 Å². The van der Waals surface area contributed by atoms with Crippen molar-refractivity contribution in [1.29, 1.82) is 0 Å². The Hall–Kier alpha value is -2.96. The number of fused-ring (bicyclic) bond motifs is 2. The van der Waals surface area contributed by atoms with Crippen molar-refractivity contribution < 1.29 is 45.6 Å². The van der Waals surface area contributed by atoms with Gasteiger partial charge in [-0.3, -0.25) is 4.55 Å². The van der Waals surface area contributed by atoms with Crippen LogP contribution >= 0.6 is 0 Å². The molecule has 3 rings (SSSR count). The summed E-state index contributed by atoms with van der Waals surface area (Å²) in [5.74, 6) is -3.48. The summed E-state index contributed by atoms with van der Waals surface area (Å²) in [5, 5.41) is 9.12. The lowest BCUT2D eigenvalue weighted by Crippen LogP contribution is -2.17. The summed E-state index contributed by atoms with van der Waals surface area (Å²) >= 11 is 0. The SMILES string of the molecule is COC(=O)c1ccc2c(c1)S(=O)(=O)c1cc(C(=O)O)cc(S(=O)(=O)O)c1O2. The van der Waals surface area contributed by atoms with Gasteiger partial charge in [0.2, 0.25) is 9.84 Å². The summed E-state index contributed by atoms with van der Waals surface area (Å²) in [6.07, 6.45) is 0. The summed E-state index contributed by atoms with van der Waals surface area (Å²) in [5.41, 5.74) is -0.808. The van der Waals surface area contributed by atoms with Crippen LogP contribution in [0.4, 0.5) is 0 Å². The molecule has 2 N–H and O–H groups in total. The fourth-order valence-electron chi connectivity index (χ4n) is 2.47. The Bertz CT molecular complexity index is 1210. The van der Waals surface area contributed by atoms with Gasteiger partial charge in [0.15, 0.2) is 5.75 Å². The number of carbonyl (C=O) groups excluding carboxylic acids is 1. The number of carboxylic acids is 1. The predicted molar refractivity (Wildman–Crippen MR) is 86.5 cm³/mol. The van der Waals surface area contributed by atoms with Gasteiger partial charge in [-0.2, -0.15) is 8.42 Å². The molecule has 10 nitrogen and oxygen atoms in total. The number of hydrogen-bond donors (Lipinski definition) is 2. The molecule has 0 radical (unpaired) electrons. The monoisotopic (exact) mass is 414 g/mol. The standard InChI is InChI=1S/C15H10O10S2/c1-24-15(18)7-2-3-9-10(4-7)26(19,20)11-5-8(14(16)17)6-12(13(11)25-9)27(21,22)23/h2-6H,1H3,(H,16,17)(H,21,22,23). The first-order valence-electron chi connectivity index (χ1n) is 7.01. The molecule has 1 aliphatic rings. The van der Waals surface area contributed by atoms with Crippen LogP contribution in [0, 0.1) is 0 Å². The zero-order valence-corrected chi connectivity index (χ0v) is 15.0. The number of hydrogen-bond acceptors (Lipinski definition) is 8. The van der Waals surface area contributed by atoms with Gasteiger partial charge in [-0.05, 0) is 30.3 Å². The van der Waals surface area contributed by atoms with Gasteiger partial charge >= 0.3 is 11.9 Å². The Morgan fingerprint density at radius 2 is 1.70 bits per heavy atom. The van der Waals surface area contributed by atoms with Crippen LogP contribution in [-0.2, 0) is 24.7 Å². The fourth-order valence-corrected chi connectivity index (χ4v) is 4.77. The summed E-state index contributed by atoms with van der Waals surface area (Å²) in [6, 6.07) is 4.56. The average molecular weight is 414 g/mol. The van der Waals surface area contributed by atoms with Gasteiger partial charge in [0.05, 0.1) is 18.2 Å². The second-order valence-electron chi connectivity index (χ2n) is 5.34. The van der Waals surface area contributed by atoms with Gasteiger partial charge in [-0.1, -0.05) is 0 Å². The van der Waals surface area contributed by atoms with E-state index in [-0.39, 0.29) is 11.3 Å². The lowest BCUT2D eigenvalue weighted by molar-refractivity contribution is 0.0599. The fraction of sp³-hybridized carbons (Fsp3) is 0.0667. The maximum Gasteiger partial charge on any atom is 0.337 e. The Balaban J connectivity index is 2.36. The highest BCUT2D eigenvalue weighted by Gasteiger charge is 2.37. The molecule has 0 unspecified atom stereocenters. The van der Waals surface area contributed by atoms with Crippen molar-refractivity contribution in [2.75, 3.05) is 7.11 Å². The van der Waals surface area contributed by atoms with Gasteiger partial charge in [0, 0.05) is 0 Å². The van der Waals surface area contributed by atoms with Crippen LogP contribution in [-0.4, -0.2) is 45.5 Å². The molecule has 0 saturated heterocycles. The van der Waals surface area contributed by atoms with E-state index in [9.17, 15) is 31.0 Å². The molecule has 2 aromatic rings. The van der Waals surface area contributed by atoms with Crippen LogP contribution in [0.5, 0.6) is 11.5 Å². The van der Waals surface area contributed by atoms with Crippen molar-refractivity contribution >= 4 is 31.9 Å². The van der Waals surface area contributed by atoms with Crippen LogP contribution in [0.25, 0.3) is 0 Å². The Kier molecular flexibility index (Phi) is 4.21. The van der Waals surface area contributed by atoms with Crippen molar-refractivity contribution in [3.8, 4) is 11.5 Å². The van der Waals surface area contributed by atoms with Crippen molar-refractivity contribution in [3.05, 3.63) is 41.5 Å². The Morgan fingerprint density at radius 1 is 1.07 bits per heavy atom. The van der Waals surface area contributed by atoms with Gasteiger partial charge in [-0.25, -0.2) is 18.0 Å². The average Bonchev–Trinajstić information content (AvgIpc) is 2.59. The Morgan fingerprint density at radius 3 is 2.26 bits per heavy atom. The summed E-state index contributed by atoms with van der Waals surface area (Å²) in [7, 11) is -8.38. The molecule has 0 aromatic heterocycles. The number of methoxy groups -OCH3 is 1. The van der Waals surface area contributed by atoms with Crippen molar-refractivity contribution in [2.45, 2.75) is 14.7 Å². The number of carboxylic acid groups (broad SMARTS) is 1. The van der Waals surface area contributed by atoms with E-state index in [1.54, 1.807) is 0 Å². The van der Waals surface area contributed by atoms with E-state index < -0.39 is 57.9 Å². The molecule has 27 heavy (non-hydrogen) atoms. The molecule has 0 bridgehead atoms. The normalized spacial score (nSPS) is 14.4. The zero-order chi connectivity index (χ0) is 20.1. The zero-order valence-electron chi connectivity index (χ0n) is 13.4. The molecule has 1 heterocycles. The lowest BCUT2D eigenvalue weighted by atomic mass is 10.2. The third-order valence-corrected chi connectivity index (χ3v) is 6.34. The van der Waals surface area contributed by atoms with Gasteiger partial charge in [0.1, 0.15) is 20.4 Å². The first-order chi connectivity index (χ1) is 12.5. The largest absolute Gasteiger partial charge is 0.478 e. The van der Waals surface area contributed by atoms with Crippen LogP contribution in [0.3, 0.4) is 0 Å². The minimum Gasteiger partial charge on any atom is -0.478 e. The minimum absolute atomic E-state index is 0.115. The van der Waals surface area contributed by atoms with Crippen LogP contribution in [0.15, 0.2) is 45.0 Å². The van der Waals surface area contributed by atoms with Crippen molar-refractivity contribution in [2.24, 2.45) is 0 Å². The highest BCUT2D eigenvalue weighted by Crippen LogP contribution is 2.46. The van der Waals surface area contributed by atoms with Gasteiger partial charge in [-0.15, -0.1) is 0 Å². The molecule has 0 atom stereocenters. The smallest absolute Gasteiger partial charge is 0.337 e. The van der Waals surface area contributed by atoms with E-state index in [4.69, 9.17) is 9.84 Å². The van der Waals surface area contributed by atoms with E-state index in [2.05, 4.69) is 4.74 Å². The molecule has 12 heteroatoms. The van der Waals surface area contributed by atoms with Crippen LogP contribution in [0.1, 0.15) is 20.7 Å². The molecule has 0 spiro atoms. The number of carbonyl (C=O) groups is 2. The third-order valence-electron chi connectivity index (χ3n) is 3.70. The maximum atomic E-state index is 12.9. The second kappa shape index (κ2) is 6.04. The number of ether oxygens (including phenoxy) is 2. The molecular weight excluding hydrogens is 404 g/mol. The molecule has 2 aromatic carbocycles. The van der Waals surface area contributed by atoms with Gasteiger partial charge < -0.3 is 14.6 Å². The molecule has 0 amide bonds. The number of aromatic carboxylic acids is 1. The van der Waals surface area contributed by atoms with Crippen molar-refractivity contribution in [1.82, 2.24) is 0 Å². The number of esters is 1. The molecule has 0 fully saturated rings. The summed E-state index contributed by atoms with van der Waals surface area (Å²) in [6.45, 7) is 0. The highest BCUT2D eigenvalue weighted by molar-refractivity contribution is 7.92. The van der Waals surface area contributed by atoms with Gasteiger partial charge in [0.25, 0.3) is 10.1 Å². The minimum atomic E-state index is -5.01. The number of sulfone groups is 1. The first-order valence-corrected chi connectivity index (χ1v) is 9.93. The van der Waals surface area contributed by atoms with E-state index in [0.717, 1.165) is 19.2 Å². The number of benzene rings is 2. The maximum absolute atomic E-state index is 12.9. The molecule has 1 aliphatic heterocycles. The number of rotatable bonds is 3. The van der Waals surface area contributed by atoms with E-state index >= 15 is 0 Å². The Labute approximate surface area is 152 Å². The summed E-state index contributed by atoms with van der Waals surface area (Å²) in [4.78, 5) is 20.6. The van der Waals surface area contributed by atoms with Crippen LogP contribution in [0.2, 0.25) is 0 Å². The summed E-state index contributed by atoms with van der Waals surface area (Å²) < 4.78 is 68.2. The quantitative estimate of drug-likeness (QED) is 0.473. The predicted octanol–water partition coefficient (Wildman–Crippen LogP) is 1.36. The molecule has 0 saturated carbocycles. The van der Waals surface area contributed by atoms with Crippen molar-refractivity contribution in [3.63, 3.8) is 0 Å². The third kappa shape index (κ3) is 3.03. The van der Waals surface area contributed by atoms with E-state index in [0.29, 0.717) is 12.1 Å².